The van der Waals surface area contributed by atoms with Crippen LogP contribution in [0.25, 0.3) is 10.8 Å². The molecule has 0 unspecified atom stereocenters. The third-order valence-electron chi connectivity index (χ3n) is 4.01. The molecule has 3 aromatic carbocycles. The molecule has 3 N–H and O–H groups in total. The summed E-state index contributed by atoms with van der Waals surface area (Å²) < 4.78 is 0. The number of benzene rings is 3. The van der Waals surface area contributed by atoms with Gasteiger partial charge in [-0.05, 0) is 23.8 Å². The van der Waals surface area contributed by atoms with E-state index in [4.69, 9.17) is 11.6 Å². The Bertz CT molecular complexity index is 1070. The van der Waals surface area contributed by atoms with Crippen molar-refractivity contribution in [2.24, 2.45) is 0 Å². The zero-order chi connectivity index (χ0) is 19.2. The second kappa shape index (κ2) is 8.26. The molecule has 3 aromatic rings. The number of rotatable bonds is 5. The van der Waals surface area contributed by atoms with Crippen molar-refractivity contribution >= 4 is 34.0 Å². The van der Waals surface area contributed by atoms with E-state index < -0.39 is 5.91 Å². The van der Waals surface area contributed by atoms with Gasteiger partial charge in [0.05, 0.1) is 0 Å². The van der Waals surface area contributed by atoms with Crippen LogP contribution in [-0.4, -0.2) is 11.0 Å². The lowest BCUT2D eigenvalue weighted by Gasteiger charge is -2.09. The zero-order valence-electron chi connectivity index (χ0n) is 14.2. The van der Waals surface area contributed by atoms with Crippen LogP contribution in [0.3, 0.4) is 0 Å². The summed E-state index contributed by atoms with van der Waals surface area (Å²) in [7, 11) is 0. The van der Waals surface area contributed by atoms with E-state index in [0.717, 1.165) is 5.56 Å². The standard InChI is InChI=1S/C21H16ClN3O2/c22-18-8-2-1-5-14(18)12-24-13-15(11-23)21(27)25-19-9-3-7-17-16(19)6-4-10-20(17)26/h1-10,13,24,26H,12H2,(H,25,27)/b15-13-. The Morgan fingerprint density at radius 3 is 2.59 bits per heavy atom. The van der Waals surface area contributed by atoms with Gasteiger partial charge in [0.1, 0.15) is 17.4 Å². The molecule has 3 rings (SSSR count). The predicted molar refractivity (Wildman–Crippen MR) is 106 cm³/mol. The Balaban J connectivity index is 1.75. The SMILES string of the molecule is N#C/C(=C/NCc1ccccc1Cl)C(=O)Nc1cccc2c(O)cccc12. The highest BCUT2D eigenvalue weighted by atomic mass is 35.5. The quantitative estimate of drug-likeness (QED) is 0.456. The van der Waals surface area contributed by atoms with Crippen molar-refractivity contribution in [3.05, 3.63) is 83.0 Å². The van der Waals surface area contributed by atoms with E-state index >= 15 is 0 Å². The van der Waals surface area contributed by atoms with Gasteiger partial charge < -0.3 is 15.7 Å². The molecule has 0 spiro atoms. The first-order chi connectivity index (χ1) is 13.1. The lowest BCUT2D eigenvalue weighted by Crippen LogP contribution is -2.17. The van der Waals surface area contributed by atoms with Crippen LogP contribution in [0, 0.1) is 11.3 Å². The first-order valence-corrected chi connectivity index (χ1v) is 8.57. The molecule has 6 heteroatoms. The summed E-state index contributed by atoms with van der Waals surface area (Å²) in [4.78, 5) is 12.5. The van der Waals surface area contributed by atoms with Gasteiger partial charge in [0, 0.05) is 34.2 Å². The molecule has 0 bridgehead atoms. The number of carbonyl (C=O) groups is 1. The largest absolute Gasteiger partial charge is 0.507 e. The number of carbonyl (C=O) groups excluding carboxylic acids is 1. The number of nitrogens with one attached hydrogen (secondary N) is 2. The van der Waals surface area contributed by atoms with Gasteiger partial charge in [-0.3, -0.25) is 4.79 Å². The van der Waals surface area contributed by atoms with Gasteiger partial charge in [0.25, 0.3) is 5.91 Å². The van der Waals surface area contributed by atoms with Crippen LogP contribution in [0.4, 0.5) is 5.69 Å². The van der Waals surface area contributed by atoms with E-state index in [-0.39, 0.29) is 11.3 Å². The third kappa shape index (κ3) is 4.20. The molecule has 0 aliphatic rings. The van der Waals surface area contributed by atoms with E-state index in [0.29, 0.717) is 28.0 Å². The van der Waals surface area contributed by atoms with Crippen LogP contribution < -0.4 is 10.6 Å². The van der Waals surface area contributed by atoms with Crippen LogP contribution in [0.1, 0.15) is 5.56 Å². The number of nitrogens with zero attached hydrogens (tertiary/aromatic N) is 1. The van der Waals surface area contributed by atoms with Crippen LogP contribution in [-0.2, 0) is 11.3 Å². The number of nitriles is 1. The highest BCUT2D eigenvalue weighted by Crippen LogP contribution is 2.29. The predicted octanol–water partition coefficient (Wildman–Crippen LogP) is 4.33. The summed E-state index contributed by atoms with van der Waals surface area (Å²) in [6.07, 6.45) is 1.36. The number of phenolic OH excluding ortho intramolecular Hbond substituents is 1. The molecule has 0 aliphatic carbocycles. The maximum Gasteiger partial charge on any atom is 0.267 e. The average molecular weight is 378 g/mol. The number of hydrogen-bond donors (Lipinski definition) is 3. The van der Waals surface area contributed by atoms with E-state index in [9.17, 15) is 15.2 Å². The highest BCUT2D eigenvalue weighted by molar-refractivity contribution is 6.31. The number of halogens is 1. The topological polar surface area (TPSA) is 85.2 Å². The van der Waals surface area contributed by atoms with Crippen molar-refractivity contribution in [3.63, 3.8) is 0 Å². The second-order valence-electron chi connectivity index (χ2n) is 5.77. The van der Waals surface area contributed by atoms with Crippen LogP contribution in [0.5, 0.6) is 5.75 Å². The van der Waals surface area contributed by atoms with Gasteiger partial charge in [0.2, 0.25) is 0 Å². The molecule has 0 aliphatic heterocycles. The van der Waals surface area contributed by atoms with E-state index in [1.165, 1.54) is 6.20 Å². The van der Waals surface area contributed by atoms with Gasteiger partial charge in [-0.15, -0.1) is 0 Å². The molecule has 0 heterocycles. The lowest BCUT2D eigenvalue weighted by molar-refractivity contribution is -0.112. The lowest BCUT2D eigenvalue weighted by atomic mass is 10.1. The number of phenols is 1. The summed E-state index contributed by atoms with van der Waals surface area (Å²) in [5.41, 5.74) is 1.30. The highest BCUT2D eigenvalue weighted by Gasteiger charge is 2.12. The maximum absolute atomic E-state index is 12.5. The van der Waals surface area contributed by atoms with Crippen molar-refractivity contribution in [1.82, 2.24) is 5.32 Å². The fourth-order valence-corrected chi connectivity index (χ4v) is 2.85. The maximum atomic E-state index is 12.5. The molecule has 27 heavy (non-hydrogen) atoms. The van der Waals surface area contributed by atoms with Crippen molar-refractivity contribution in [2.75, 3.05) is 5.32 Å². The minimum absolute atomic E-state index is 0.0702. The summed E-state index contributed by atoms with van der Waals surface area (Å²) in [5.74, 6) is -0.416. The molecule has 5 nitrogen and oxygen atoms in total. The van der Waals surface area contributed by atoms with Crippen molar-refractivity contribution in [1.29, 1.82) is 5.26 Å². The molecule has 134 valence electrons. The van der Waals surface area contributed by atoms with Crippen LogP contribution in [0.2, 0.25) is 5.02 Å². The first kappa shape index (κ1) is 18.3. The molecular weight excluding hydrogens is 362 g/mol. The Hall–Kier alpha value is -3.49. The number of amides is 1. The number of fused-ring (bicyclic) bond motifs is 1. The monoisotopic (exact) mass is 377 g/mol. The van der Waals surface area contributed by atoms with Crippen molar-refractivity contribution in [3.8, 4) is 11.8 Å². The average Bonchev–Trinajstić information content (AvgIpc) is 2.67. The van der Waals surface area contributed by atoms with Gasteiger partial charge in [-0.2, -0.15) is 5.26 Å². The Morgan fingerprint density at radius 1 is 1.07 bits per heavy atom. The summed E-state index contributed by atoms with van der Waals surface area (Å²) in [6, 6.07) is 19.5. The smallest absolute Gasteiger partial charge is 0.267 e. The minimum atomic E-state index is -0.542. The van der Waals surface area contributed by atoms with E-state index in [1.807, 2.05) is 24.3 Å². The van der Waals surface area contributed by atoms with Gasteiger partial charge in [0.15, 0.2) is 0 Å². The zero-order valence-corrected chi connectivity index (χ0v) is 15.0. The van der Waals surface area contributed by atoms with Crippen molar-refractivity contribution < 1.29 is 9.90 Å². The number of hydrogen-bond acceptors (Lipinski definition) is 4. The Morgan fingerprint density at radius 2 is 1.81 bits per heavy atom. The molecular formula is C21H16ClN3O2. The summed E-state index contributed by atoms with van der Waals surface area (Å²) in [5, 5.41) is 26.8. The number of aromatic hydroxyl groups is 1. The summed E-state index contributed by atoms with van der Waals surface area (Å²) in [6.45, 7) is 0.389. The third-order valence-corrected chi connectivity index (χ3v) is 4.38. The molecule has 0 aromatic heterocycles. The summed E-state index contributed by atoms with van der Waals surface area (Å²) >= 11 is 6.09. The molecule has 0 atom stereocenters. The van der Waals surface area contributed by atoms with Crippen LogP contribution >= 0.6 is 11.6 Å². The minimum Gasteiger partial charge on any atom is -0.507 e. The number of anilines is 1. The fraction of sp³-hybridized carbons (Fsp3) is 0.0476. The Labute approximate surface area is 161 Å². The molecule has 0 saturated heterocycles. The van der Waals surface area contributed by atoms with E-state index in [1.54, 1.807) is 42.5 Å². The van der Waals surface area contributed by atoms with Gasteiger partial charge in [-0.1, -0.05) is 54.1 Å². The molecule has 0 saturated carbocycles. The second-order valence-corrected chi connectivity index (χ2v) is 6.18. The normalized spacial score (nSPS) is 11.0. The Kier molecular flexibility index (Phi) is 5.60. The molecule has 0 radical (unpaired) electrons. The van der Waals surface area contributed by atoms with E-state index in [2.05, 4.69) is 10.6 Å². The van der Waals surface area contributed by atoms with Crippen LogP contribution in [0.15, 0.2) is 72.4 Å². The first-order valence-electron chi connectivity index (χ1n) is 8.19. The van der Waals surface area contributed by atoms with Crippen molar-refractivity contribution in [2.45, 2.75) is 6.54 Å². The van der Waals surface area contributed by atoms with Gasteiger partial charge >= 0.3 is 0 Å². The fourth-order valence-electron chi connectivity index (χ4n) is 2.65. The molecule has 1 amide bonds. The van der Waals surface area contributed by atoms with Gasteiger partial charge in [-0.25, -0.2) is 0 Å². The molecule has 0 fully saturated rings.